The zero-order chi connectivity index (χ0) is 29.5. The van der Waals surface area contributed by atoms with Crippen LogP contribution in [0.1, 0.15) is 27.0 Å². The van der Waals surface area contributed by atoms with Crippen LogP contribution in [0.2, 0.25) is 0 Å². The molecule has 1 aliphatic rings. The second-order valence-electron chi connectivity index (χ2n) is 9.28. The SMILES string of the molecule is COc1ccc(CN2C(=O)/C(=C/c3ccc(OCc4ccc(C(=O)O)cc4)c(OC)c3)SC2=Nc2ccccc2)cc1. The van der Waals surface area contributed by atoms with E-state index in [0.717, 1.165) is 28.1 Å². The summed E-state index contributed by atoms with van der Waals surface area (Å²) in [6.07, 6.45) is 1.82. The Balaban J connectivity index is 1.37. The van der Waals surface area contributed by atoms with Crippen molar-refractivity contribution in [3.05, 3.63) is 124 Å². The van der Waals surface area contributed by atoms with Gasteiger partial charge in [-0.2, -0.15) is 0 Å². The van der Waals surface area contributed by atoms with Crippen molar-refractivity contribution in [1.29, 1.82) is 0 Å². The topological polar surface area (TPSA) is 97.7 Å². The van der Waals surface area contributed by atoms with Crippen molar-refractivity contribution in [3.63, 3.8) is 0 Å². The van der Waals surface area contributed by atoms with Gasteiger partial charge in [-0.05, 0) is 83.1 Å². The minimum atomic E-state index is -0.977. The first-order chi connectivity index (χ1) is 20.4. The summed E-state index contributed by atoms with van der Waals surface area (Å²) in [4.78, 5) is 31.7. The van der Waals surface area contributed by atoms with Crippen LogP contribution in [0, 0.1) is 0 Å². The molecule has 4 aromatic rings. The van der Waals surface area contributed by atoms with Crippen molar-refractivity contribution in [1.82, 2.24) is 4.90 Å². The molecule has 0 saturated carbocycles. The zero-order valence-corrected chi connectivity index (χ0v) is 23.8. The first-order valence-corrected chi connectivity index (χ1v) is 13.9. The van der Waals surface area contributed by atoms with E-state index < -0.39 is 5.97 Å². The molecule has 0 spiro atoms. The number of carbonyl (C=O) groups excluding carboxylic acids is 1. The Morgan fingerprint density at radius 1 is 0.881 bits per heavy atom. The van der Waals surface area contributed by atoms with Crippen LogP contribution in [0.5, 0.6) is 17.2 Å². The fourth-order valence-electron chi connectivity index (χ4n) is 4.21. The van der Waals surface area contributed by atoms with Crippen LogP contribution in [-0.2, 0) is 17.9 Å². The van der Waals surface area contributed by atoms with E-state index >= 15 is 0 Å². The predicted molar refractivity (Wildman–Crippen MR) is 163 cm³/mol. The summed E-state index contributed by atoms with van der Waals surface area (Å²) in [5, 5.41) is 9.68. The van der Waals surface area contributed by atoms with Gasteiger partial charge in [0, 0.05) is 0 Å². The molecule has 0 aromatic heterocycles. The van der Waals surface area contributed by atoms with Gasteiger partial charge in [0.25, 0.3) is 5.91 Å². The van der Waals surface area contributed by atoms with Crippen LogP contribution in [0.3, 0.4) is 0 Å². The number of carboxylic acids is 1. The molecule has 1 saturated heterocycles. The smallest absolute Gasteiger partial charge is 0.335 e. The van der Waals surface area contributed by atoms with E-state index in [9.17, 15) is 9.59 Å². The standard InChI is InChI=1S/C33H28N2O6S/c1-39-27-15-10-22(11-16-27)20-35-31(36)30(42-33(35)34-26-6-4-3-5-7-26)19-24-12-17-28(29(18-24)40-2)41-21-23-8-13-25(14-9-23)32(37)38/h3-19H,20-21H2,1-2H3,(H,37,38)/b30-19-,34-33?. The lowest BCUT2D eigenvalue weighted by atomic mass is 10.1. The minimum absolute atomic E-state index is 0.144. The molecular weight excluding hydrogens is 552 g/mol. The molecule has 1 aliphatic heterocycles. The predicted octanol–water partition coefficient (Wildman–Crippen LogP) is 6.79. The number of thioether (sulfide) groups is 1. The van der Waals surface area contributed by atoms with Crippen LogP contribution >= 0.6 is 11.8 Å². The van der Waals surface area contributed by atoms with E-state index in [2.05, 4.69) is 0 Å². The molecule has 1 fully saturated rings. The Labute approximate surface area is 247 Å². The molecule has 8 nitrogen and oxygen atoms in total. The Hall–Kier alpha value is -5.02. The number of nitrogens with zero attached hydrogens (tertiary/aromatic N) is 2. The highest BCUT2D eigenvalue weighted by Gasteiger charge is 2.33. The molecule has 1 heterocycles. The van der Waals surface area contributed by atoms with Gasteiger partial charge in [-0.15, -0.1) is 0 Å². The molecule has 1 N–H and O–H groups in total. The van der Waals surface area contributed by atoms with Crippen molar-refractivity contribution < 1.29 is 28.9 Å². The number of ether oxygens (including phenoxy) is 3. The number of methoxy groups -OCH3 is 2. The van der Waals surface area contributed by atoms with Gasteiger partial charge in [0.1, 0.15) is 12.4 Å². The van der Waals surface area contributed by atoms with Crippen molar-refractivity contribution >= 4 is 40.6 Å². The van der Waals surface area contributed by atoms with E-state index in [-0.39, 0.29) is 18.1 Å². The number of para-hydroxylation sites is 1. The molecule has 212 valence electrons. The van der Waals surface area contributed by atoms with Crippen molar-refractivity contribution in [2.24, 2.45) is 4.99 Å². The number of rotatable bonds is 10. The number of amides is 1. The number of amidine groups is 1. The van der Waals surface area contributed by atoms with Gasteiger partial charge in [-0.1, -0.05) is 48.5 Å². The van der Waals surface area contributed by atoms with Crippen molar-refractivity contribution in [3.8, 4) is 17.2 Å². The van der Waals surface area contributed by atoms with Gasteiger partial charge < -0.3 is 19.3 Å². The third-order valence-electron chi connectivity index (χ3n) is 6.45. The summed E-state index contributed by atoms with van der Waals surface area (Å²) in [6, 6.07) is 29.1. The van der Waals surface area contributed by atoms with Crippen molar-refractivity contribution in [2.75, 3.05) is 14.2 Å². The second kappa shape index (κ2) is 13.1. The van der Waals surface area contributed by atoms with E-state index in [1.807, 2.05) is 72.8 Å². The molecule has 0 aliphatic carbocycles. The van der Waals surface area contributed by atoms with Crippen molar-refractivity contribution in [2.45, 2.75) is 13.2 Å². The molecule has 1 amide bonds. The van der Waals surface area contributed by atoms with Gasteiger partial charge in [0.2, 0.25) is 0 Å². The lowest BCUT2D eigenvalue weighted by Crippen LogP contribution is -2.28. The van der Waals surface area contributed by atoms with Gasteiger partial charge in [-0.25, -0.2) is 9.79 Å². The summed E-state index contributed by atoms with van der Waals surface area (Å²) < 4.78 is 16.8. The Morgan fingerprint density at radius 2 is 1.60 bits per heavy atom. The molecular formula is C33H28N2O6S. The third kappa shape index (κ3) is 6.82. The molecule has 5 rings (SSSR count). The number of aromatic carboxylic acids is 1. The molecule has 42 heavy (non-hydrogen) atoms. The molecule has 9 heteroatoms. The Kier molecular flexibility index (Phi) is 8.89. The van der Waals surface area contributed by atoms with Gasteiger partial charge in [-0.3, -0.25) is 9.69 Å². The first kappa shape index (κ1) is 28.5. The van der Waals surface area contributed by atoms with Crippen LogP contribution in [-0.4, -0.2) is 41.3 Å². The third-order valence-corrected chi connectivity index (χ3v) is 7.46. The first-order valence-electron chi connectivity index (χ1n) is 13.0. The number of hydrogen-bond acceptors (Lipinski definition) is 7. The quantitative estimate of drug-likeness (QED) is 0.206. The van der Waals surface area contributed by atoms with Gasteiger partial charge in [0.05, 0.1) is 36.9 Å². The average molecular weight is 581 g/mol. The Bertz CT molecular complexity index is 1630. The molecule has 4 aromatic carbocycles. The van der Waals surface area contributed by atoms with E-state index in [1.54, 1.807) is 37.3 Å². The fourth-order valence-corrected chi connectivity index (χ4v) is 5.20. The lowest BCUT2D eigenvalue weighted by molar-refractivity contribution is -0.122. The maximum Gasteiger partial charge on any atom is 0.335 e. The second-order valence-corrected chi connectivity index (χ2v) is 10.3. The molecule has 0 atom stereocenters. The number of hydrogen-bond donors (Lipinski definition) is 1. The summed E-state index contributed by atoms with van der Waals surface area (Å²) in [5.74, 6) is 0.664. The van der Waals surface area contributed by atoms with Gasteiger partial charge >= 0.3 is 5.97 Å². The summed E-state index contributed by atoms with van der Waals surface area (Å²) in [5.41, 5.74) is 3.52. The van der Waals surface area contributed by atoms with Crippen LogP contribution in [0.4, 0.5) is 5.69 Å². The van der Waals surface area contributed by atoms with Crippen LogP contribution < -0.4 is 14.2 Å². The largest absolute Gasteiger partial charge is 0.497 e. The van der Waals surface area contributed by atoms with Crippen LogP contribution in [0.15, 0.2) is 107 Å². The summed E-state index contributed by atoms with van der Waals surface area (Å²) in [7, 11) is 3.17. The Morgan fingerprint density at radius 3 is 2.26 bits per heavy atom. The summed E-state index contributed by atoms with van der Waals surface area (Å²) >= 11 is 1.32. The van der Waals surface area contributed by atoms with Gasteiger partial charge in [0.15, 0.2) is 16.7 Å². The maximum absolute atomic E-state index is 13.6. The number of benzene rings is 4. The monoisotopic (exact) mass is 580 g/mol. The number of aliphatic imine (C=N–C) groups is 1. The maximum atomic E-state index is 13.6. The minimum Gasteiger partial charge on any atom is -0.497 e. The number of carboxylic acid groups (broad SMARTS) is 1. The fraction of sp³-hybridized carbons (Fsp3) is 0.121. The lowest BCUT2D eigenvalue weighted by Gasteiger charge is -2.16. The highest BCUT2D eigenvalue weighted by Crippen LogP contribution is 2.37. The molecule has 0 bridgehead atoms. The average Bonchev–Trinajstić information content (AvgIpc) is 3.30. The highest BCUT2D eigenvalue weighted by atomic mass is 32.2. The zero-order valence-electron chi connectivity index (χ0n) is 23.0. The highest BCUT2D eigenvalue weighted by molar-refractivity contribution is 8.18. The molecule has 0 radical (unpaired) electrons. The van der Waals surface area contributed by atoms with Crippen LogP contribution in [0.25, 0.3) is 6.08 Å². The summed E-state index contributed by atoms with van der Waals surface area (Å²) in [6.45, 7) is 0.604. The molecule has 0 unspecified atom stereocenters. The normalized spacial score (nSPS) is 14.8. The number of carbonyl (C=O) groups is 2. The van der Waals surface area contributed by atoms with E-state index in [1.165, 1.54) is 23.9 Å². The van der Waals surface area contributed by atoms with E-state index in [4.69, 9.17) is 24.3 Å². The van der Waals surface area contributed by atoms with E-state index in [0.29, 0.717) is 28.1 Å².